The van der Waals surface area contributed by atoms with E-state index in [4.69, 9.17) is 0 Å². The van der Waals surface area contributed by atoms with Crippen molar-refractivity contribution in [2.24, 2.45) is 0 Å². The molecule has 0 saturated carbocycles. The van der Waals surface area contributed by atoms with Gasteiger partial charge in [0.05, 0.1) is 4.88 Å². The van der Waals surface area contributed by atoms with E-state index in [2.05, 4.69) is 5.43 Å². The number of pyridine rings is 1. The van der Waals surface area contributed by atoms with Gasteiger partial charge in [-0.15, -0.1) is 0 Å². The molecule has 3 rings (SSSR count). The Morgan fingerprint density at radius 3 is 2.42 bits per heavy atom. The van der Waals surface area contributed by atoms with Crippen molar-refractivity contribution in [2.75, 3.05) is 7.05 Å². The molecular weight excluding hydrogens is 354 g/mol. The van der Waals surface area contributed by atoms with Crippen LogP contribution in [0.4, 0.5) is 0 Å². The molecule has 3 aromatic rings. The molecule has 2 amide bonds. The van der Waals surface area contributed by atoms with Gasteiger partial charge in [-0.2, -0.15) is 0 Å². The van der Waals surface area contributed by atoms with E-state index in [9.17, 15) is 19.5 Å². The number of amides is 2. The highest BCUT2D eigenvalue weighted by molar-refractivity contribution is 7.15. The summed E-state index contributed by atoms with van der Waals surface area (Å²) >= 11 is 0.919. The zero-order valence-corrected chi connectivity index (χ0v) is 14.6. The maximum absolute atomic E-state index is 12.4. The number of aromatic nitrogens is 1. The van der Waals surface area contributed by atoms with Gasteiger partial charge in [0.15, 0.2) is 5.06 Å². The number of hydrogen-bond donors (Lipinski definition) is 2. The highest BCUT2D eigenvalue weighted by Gasteiger charge is 2.16. The van der Waals surface area contributed by atoms with Gasteiger partial charge >= 0.3 is 0 Å². The second kappa shape index (κ2) is 7.24. The van der Waals surface area contributed by atoms with Crippen LogP contribution in [-0.4, -0.2) is 33.5 Å². The number of benzene rings is 1. The number of nitrogens with one attached hydrogen (secondary N) is 1. The Morgan fingerprint density at radius 1 is 1.08 bits per heavy atom. The lowest BCUT2D eigenvalue weighted by Gasteiger charge is -2.18. The smallest absolute Gasteiger partial charge is 0.280 e. The second-order valence-electron chi connectivity index (χ2n) is 5.40. The Bertz CT molecular complexity index is 1010. The van der Waals surface area contributed by atoms with Gasteiger partial charge in [-0.1, -0.05) is 17.4 Å². The van der Waals surface area contributed by atoms with Crippen LogP contribution in [0.1, 0.15) is 20.0 Å². The standard InChI is InChI=1S/C18H15N3O4S/c1-20(19-17(24)14-9-10-16(23)26-14)18(25)12-5-7-13(8-6-12)21-11-3-2-4-15(21)22/h2-11,23H,1H3,(H,19,24). The SMILES string of the molecule is CN(NC(=O)c1ccc(O)s1)C(=O)c1ccc(-n2ccccc2=O)cc1. The number of aromatic hydroxyl groups is 1. The number of hydrazine groups is 1. The Hall–Kier alpha value is -3.39. The van der Waals surface area contributed by atoms with Crippen LogP contribution in [0.5, 0.6) is 5.06 Å². The topological polar surface area (TPSA) is 91.6 Å². The first-order valence-corrected chi connectivity index (χ1v) is 8.43. The maximum atomic E-state index is 12.4. The lowest BCUT2D eigenvalue weighted by molar-refractivity contribution is 0.0638. The van der Waals surface area contributed by atoms with Gasteiger partial charge in [-0.25, -0.2) is 0 Å². The number of rotatable bonds is 3. The van der Waals surface area contributed by atoms with Gasteiger partial charge in [0, 0.05) is 30.6 Å². The maximum Gasteiger partial charge on any atom is 0.280 e. The highest BCUT2D eigenvalue weighted by atomic mass is 32.1. The molecule has 0 aliphatic carbocycles. The summed E-state index contributed by atoms with van der Waals surface area (Å²) in [6.45, 7) is 0. The van der Waals surface area contributed by atoms with Crippen molar-refractivity contribution in [1.82, 2.24) is 15.0 Å². The van der Waals surface area contributed by atoms with Crippen molar-refractivity contribution >= 4 is 23.2 Å². The lowest BCUT2D eigenvalue weighted by atomic mass is 10.2. The molecule has 0 bridgehead atoms. The summed E-state index contributed by atoms with van der Waals surface area (Å²) in [6.07, 6.45) is 1.64. The molecular formula is C18H15N3O4S. The number of hydrogen-bond acceptors (Lipinski definition) is 5. The Labute approximate surface area is 152 Å². The summed E-state index contributed by atoms with van der Waals surface area (Å²) in [5.41, 5.74) is 3.27. The van der Waals surface area contributed by atoms with Crippen molar-refractivity contribution in [1.29, 1.82) is 0 Å². The van der Waals surface area contributed by atoms with Gasteiger partial charge < -0.3 is 5.11 Å². The van der Waals surface area contributed by atoms with E-state index in [0.717, 1.165) is 16.3 Å². The zero-order valence-electron chi connectivity index (χ0n) is 13.7. The van der Waals surface area contributed by atoms with E-state index in [1.807, 2.05) is 0 Å². The van der Waals surface area contributed by atoms with Crippen LogP contribution in [0.2, 0.25) is 0 Å². The first-order valence-electron chi connectivity index (χ1n) is 7.61. The summed E-state index contributed by atoms with van der Waals surface area (Å²) in [4.78, 5) is 36.6. The average Bonchev–Trinajstić information content (AvgIpc) is 3.08. The Balaban J connectivity index is 1.72. The molecule has 132 valence electrons. The van der Waals surface area contributed by atoms with Gasteiger partial charge in [0.25, 0.3) is 17.4 Å². The monoisotopic (exact) mass is 369 g/mol. The minimum absolute atomic E-state index is 0.0240. The third-order valence-corrected chi connectivity index (χ3v) is 4.49. The summed E-state index contributed by atoms with van der Waals surface area (Å²) in [5, 5.41) is 10.4. The average molecular weight is 369 g/mol. The van der Waals surface area contributed by atoms with Crippen molar-refractivity contribution in [3.63, 3.8) is 0 Å². The van der Waals surface area contributed by atoms with Crippen LogP contribution < -0.4 is 11.0 Å². The molecule has 0 aliphatic heterocycles. The summed E-state index contributed by atoms with van der Waals surface area (Å²) in [6, 6.07) is 14.2. The Kier molecular flexibility index (Phi) is 4.85. The molecule has 8 heteroatoms. The summed E-state index contributed by atoms with van der Waals surface area (Å²) in [5.74, 6) is -0.898. The van der Waals surface area contributed by atoms with E-state index in [1.165, 1.54) is 29.8 Å². The van der Waals surface area contributed by atoms with Crippen LogP contribution in [0.3, 0.4) is 0 Å². The fourth-order valence-electron chi connectivity index (χ4n) is 2.31. The lowest BCUT2D eigenvalue weighted by Crippen LogP contribution is -2.43. The minimum atomic E-state index is -0.487. The van der Waals surface area contributed by atoms with E-state index < -0.39 is 11.8 Å². The van der Waals surface area contributed by atoms with E-state index >= 15 is 0 Å². The largest absolute Gasteiger partial charge is 0.499 e. The van der Waals surface area contributed by atoms with Crippen molar-refractivity contribution in [3.05, 3.63) is 81.6 Å². The normalized spacial score (nSPS) is 10.3. The van der Waals surface area contributed by atoms with Crippen molar-refractivity contribution in [3.8, 4) is 10.8 Å². The molecule has 7 nitrogen and oxygen atoms in total. The molecule has 0 fully saturated rings. The van der Waals surface area contributed by atoms with Gasteiger partial charge in [0.2, 0.25) is 0 Å². The van der Waals surface area contributed by atoms with Crippen LogP contribution >= 0.6 is 11.3 Å². The predicted molar refractivity (Wildman–Crippen MR) is 97.6 cm³/mol. The molecule has 0 spiro atoms. The van der Waals surface area contributed by atoms with E-state index in [1.54, 1.807) is 42.6 Å². The van der Waals surface area contributed by atoms with Gasteiger partial charge in [0.1, 0.15) is 0 Å². The molecule has 0 aliphatic rings. The first kappa shape index (κ1) is 17.4. The van der Waals surface area contributed by atoms with Crippen LogP contribution in [0.15, 0.2) is 65.6 Å². The van der Waals surface area contributed by atoms with Crippen LogP contribution in [0.25, 0.3) is 5.69 Å². The molecule has 2 N–H and O–H groups in total. The minimum Gasteiger partial charge on any atom is -0.499 e. The van der Waals surface area contributed by atoms with Gasteiger partial charge in [-0.05, 0) is 42.5 Å². The first-order chi connectivity index (χ1) is 12.5. The van der Waals surface area contributed by atoms with Crippen LogP contribution in [0, 0.1) is 0 Å². The van der Waals surface area contributed by atoms with Crippen molar-refractivity contribution in [2.45, 2.75) is 0 Å². The second-order valence-corrected chi connectivity index (χ2v) is 6.46. The van der Waals surface area contributed by atoms with E-state index in [0.29, 0.717) is 16.1 Å². The number of thiophene rings is 1. The molecule has 0 unspecified atom stereocenters. The fourth-order valence-corrected chi connectivity index (χ4v) is 2.94. The number of carbonyl (C=O) groups is 2. The molecule has 0 radical (unpaired) electrons. The fraction of sp³-hybridized carbons (Fsp3) is 0.0556. The summed E-state index contributed by atoms with van der Waals surface area (Å²) in [7, 11) is 1.43. The van der Waals surface area contributed by atoms with Crippen molar-refractivity contribution < 1.29 is 14.7 Å². The van der Waals surface area contributed by atoms with Crippen LogP contribution in [-0.2, 0) is 0 Å². The summed E-state index contributed by atoms with van der Waals surface area (Å²) < 4.78 is 1.46. The molecule has 2 heterocycles. The highest BCUT2D eigenvalue weighted by Crippen LogP contribution is 2.22. The predicted octanol–water partition coefficient (Wildman–Crippen LogP) is 2.02. The van der Waals surface area contributed by atoms with E-state index in [-0.39, 0.29) is 10.6 Å². The molecule has 2 aromatic heterocycles. The Morgan fingerprint density at radius 2 is 1.81 bits per heavy atom. The molecule has 0 atom stereocenters. The molecule has 26 heavy (non-hydrogen) atoms. The number of carbonyl (C=O) groups excluding carboxylic acids is 2. The third-order valence-electron chi connectivity index (χ3n) is 3.60. The van der Waals surface area contributed by atoms with Gasteiger partial charge in [-0.3, -0.25) is 29.4 Å². The molecule has 0 saturated heterocycles. The zero-order chi connectivity index (χ0) is 18.7. The molecule has 1 aromatic carbocycles. The number of nitrogens with zero attached hydrogens (tertiary/aromatic N) is 2. The quantitative estimate of drug-likeness (QED) is 0.691. The third kappa shape index (κ3) is 3.65.